The average molecular weight is 214 g/mol. The van der Waals surface area contributed by atoms with Gasteiger partial charge in [-0.2, -0.15) is 0 Å². The number of rotatable bonds is 5. The van der Waals surface area contributed by atoms with Crippen LogP contribution in [0.1, 0.15) is 33.1 Å². The fraction of sp³-hybridized carbons (Fsp3) is 0.600. The van der Waals surface area contributed by atoms with Crippen molar-refractivity contribution < 1.29 is 0 Å². The fourth-order valence-electron chi connectivity index (χ4n) is 1.23. The third-order valence-electron chi connectivity index (χ3n) is 2.04. The van der Waals surface area contributed by atoms with Crippen LogP contribution < -0.4 is 5.32 Å². The normalized spacial score (nSPS) is 12.5. The molecule has 3 nitrogen and oxygen atoms in total. The smallest absolute Gasteiger partial charge is 0.148 e. The molecule has 1 atom stereocenters. The van der Waals surface area contributed by atoms with Gasteiger partial charge in [0, 0.05) is 6.04 Å². The molecule has 0 saturated heterocycles. The molecular weight excluding hydrogens is 198 g/mol. The van der Waals surface area contributed by atoms with Gasteiger partial charge in [0.2, 0.25) is 0 Å². The molecule has 0 aliphatic carbocycles. The number of nitrogens with zero attached hydrogens (tertiary/aromatic N) is 2. The van der Waals surface area contributed by atoms with Crippen LogP contribution in [-0.4, -0.2) is 16.0 Å². The van der Waals surface area contributed by atoms with Crippen molar-refractivity contribution in [3.05, 3.63) is 17.5 Å². The van der Waals surface area contributed by atoms with Crippen molar-refractivity contribution in [2.24, 2.45) is 0 Å². The largest absolute Gasteiger partial charge is 0.366 e. The van der Waals surface area contributed by atoms with Gasteiger partial charge in [0.05, 0.1) is 6.20 Å². The standard InChI is InChI=1S/C10H16ClN3/c1-3-4-5-8(2)14-10-9(11)6-12-7-13-10/h6-8H,3-5H2,1-2H3,(H,12,13,14). The molecule has 1 aromatic rings. The first-order valence-corrected chi connectivity index (χ1v) is 5.34. The summed E-state index contributed by atoms with van der Waals surface area (Å²) in [7, 11) is 0. The van der Waals surface area contributed by atoms with E-state index in [0.29, 0.717) is 11.1 Å². The van der Waals surface area contributed by atoms with E-state index in [2.05, 4.69) is 29.1 Å². The monoisotopic (exact) mass is 213 g/mol. The van der Waals surface area contributed by atoms with Gasteiger partial charge in [-0.15, -0.1) is 0 Å². The maximum absolute atomic E-state index is 5.91. The summed E-state index contributed by atoms with van der Waals surface area (Å²) in [6.07, 6.45) is 6.67. The lowest BCUT2D eigenvalue weighted by Crippen LogP contribution is -2.16. The molecule has 1 unspecified atom stereocenters. The lowest BCUT2D eigenvalue weighted by molar-refractivity contribution is 0.643. The summed E-state index contributed by atoms with van der Waals surface area (Å²) >= 11 is 5.91. The molecular formula is C10H16ClN3. The first-order valence-electron chi connectivity index (χ1n) is 4.96. The minimum Gasteiger partial charge on any atom is -0.366 e. The molecule has 0 saturated carbocycles. The van der Waals surface area contributed by atoms with Gasteiger partial charge in [-0.25, -0.2) is 9.97 Å². The van der Waals surface area contributed by atoms with Crippen molar-refractivity contribution in [1.29, 1.82) is 0 Å². The van der Waals surface area contributed by atoms with Gasteiger partial charge in [0.1, 0.15) is 17.2 Å². The third kappa shape index (κ3) is 3.50. The van der Waals surface area contributed by atoms with Gasteiger partial charge >= 0.3 is 0 Å². The van der Waals surface area contributed by atoms with Crippen LogP contribution in [0, 0.1) is 0 Å². The van der Waals surface area contributed by atoms with Crippen molar-refractivity contribution in [3.8, 4) is 0 Å². The Hall–Kier alpha value is -0.830. The number of halogens is 1. The van der Waals surface area contributed by atoms with Crippen LogP contribution >= 0.6 is 11.6 Å². The Morgan fingerprint density at radius 2 is 2.36 bits per heavy atom. The summed E-state index contributed by atoms with van der Waals surface area (Å²) in [6, 6.07) is 0.405. The topological polar surface area (TPSA) is 37.8 Å². The molecule has 0 aliphatic rings. The second-order valence-corrected chi connectivity index (χ2v) is 3.81. The number of hydrogen-bond acceptors (Lipinski definition) is 3. The summed E-state index contributed by atoms with van der Waals surface area (Å²) < 4.78 is 0. The van der Waals surface area contributed by atoms with E-state index in [-0.39, 0.29) is 0 Å². The van der Waals surface area contributed by atoms with Crippen LogP contribution in [0.5, 0.6) is 0 Å². The molecule has 0 aromatic carbocycles. The molecule has 1 heterocycles. The van der Waals surface area contributed by atoms with E-state index in [1.165, 1.54) is 19.2 Å². The fourth-order valence-corrected chi connectivity index (χ4v) is 1.39. The predicted octanol–water partition coefficient (Wildman–Crippen LogP) is 3.12. The van der Waals surface area contributed by atoms with Gasteiger partial charge < -0.3 is 5.32 Å². The first-order chi connectivity index (χ1) is 6.74. The highest BCUT2D eigenvalue weighted by Gasteiger charge is 2.05. The molecule has 0 amide bonds. The molecule has 1 rings (SSSR count). The summed E-state index contributed by atoms with van der Waals surface area (Å²) in [6.45, 7) is 4.32. The minimum absolute atomic E-state index is 0.405. The van der Waals surface area contributed by atoms with Gasteiger partial charge in [0.15, 0.2) is 0 Å². The molecule has 78 valence electrons. The molecule has 1 aromatic heterocycles. The molecule has 0 aliphatic heterocycles. The van der Waals surface area contributed by atoms with Crippen LogP contribution in [0.3, 0.4) is 0 Å². The number of unbranched alkanes of at least 4 members (excludes halogenated alkanes) is 1. The van der Waals surface area contributed by atoms with Gasteiger partial charge in [-0.05, 0) is 13.3 Å². The Kier molecular flexibility index (Phi) is 4.66. The van der Waals surface area contributed by atoms with E-state index in [9.17, 15) is 0 Å². The van der Waals surface area contributed by atoms with E-state index in [1.807, 2.05) is 0 Å². The number of nitrogens with one attached hydrogen (secondary N) is 1. The molecule has 0 spiro atoms. The second kappa shape index (κ2) is 5.81. The third-order valence-corrected chi connectivity index (χ3v) is 2.32. The highest BCUT2D eigenvalue weighted by molar-refractivity contribution is 6.32. The Morgan fingerprint density at radius 3 is 3.00 bits per heavy atom. The number of anilines is 1. The summed E-state index contributed by atoms with van der Waals surface area (Å²) in [5, 5.41) is 3.84. The van der Waals surface area contributed by atoms with Crippen molar-refractivity contribution in [2.45, 2.75) is 39.2 Å². The predicted molar refractivity (Wildman–Crippen MR) is 59.7 cm³/mol. The number of hydrogen-bond donors (Lipinski definition) is 1. The van der Waals surface area contributed by atoms with Crippen molar-refractivity contribution in [1.82, 2.24) is 9.97 Å². The van der Waals surface area contributed by atoms with Gasteiger partial charge in [0.25, 0.3) is 0 Å². The number of aromatic nitrogens is 2. The minimum atomic E-state index is 0.405. The molecule has 0 radical (unpaired) electrons. The maximum Gasteiger partial charge on any atom is 0.148 e. The van der Waals surface area contributed by atoms with E-state index < -0.39 is 0 Å². The van der Waals surface area contributed by atoms with Crippen LogP contribution in [0.15, 0.2) is 12.5 Å². The van der Waals surface area contributed by atoms with Crippen LogP contribution in [0.2, 0.25) is 5.02 Å². The SMILES string of the molecule is CCCCC(C)Nc1ncncc1Cl. The molecule has 0 fully saturated rings. The van der Waals surface area contributed by atoms with Gasteiger partial charge in [-0.1, -0.05) is 31.4 Å². The Labute approximate surface area is 89.9 Å². The van der Waals surface area contributed by atoms with Gasteiger partial charge in [-0.3, -0.25) is 0 Å². The molecule has 14 heavy (non-hydrogen) atoms. The molecule has 1 N–H and O–H groups in total. The van der Waals surface area contributed by atoms with E-state index >= 15 is 0 Å². The Morgan fingerprint density at radius 1 is 1.57 bits per heavy atom. The van der Waals surface area contributed by atoms with Crippen LogP contribution in [-0.2, 0) is 0 Å². The summed E-state index contributed by atoms with van der Waals surface area (Å²) in [5.41, 5.74) is 0. The first kappa shape index (κ1) is 11.2. The maximum atomic E-state index is 5.91. The lowest BCUT2D eigenvalue weighted by atomic mass is 10.1. The van der Waals surface area contributed by atoms with Crippen molar-refractivity contribution in [3.63, 3.8) is 0 Å². The Balaban J connectivity index is 2.47. The van der Waals surface area contributed by atoms with Crippen LogP contribution in [0.4, 0.5) is 5.82 Å². The zero-order valence-corrected chi connectivity index (χ0v) is 9.38. The molecule has 4 heteroatoms. The zero-order chi connectivity index (χ0) is 10.4. The highest BCUT2D eigenvalue weighted by atomic mass is 35.5. The van der Waals surface area contributed by atoms with Crippen molar-refractivity contribution >= 4 is 17.4 Å². The van der Waals surface area contributed by atoms with E-state index in [1.54, 1.807) is 6.20 Å². The summed E-state index contributed by atoms with van der Waals surface area (Å²) in [4.78, 5) is 7.90. The van der Waals surface area contributed by atoms with Crippen molar-refractivity contribution in [2.75, 3.05) is 5.32 Å². The quantitative estimate of drug-likeness (QED) is 0.817. The zero-order valence-electron chi connectivity index (χ0n) is 8.63. The Bertz CT molecular complexity index is 278. The average Bonchev–Trinajstić information content (AvgIpc) is 2.18. The lowest BCUT2D eigenvalue weighted by Gasteiger charge is -2.14. The summed E-state index contributed by atoms with van der Waals surface area (Å²) in [5.74, 6) is 0.727. The van der Waals surface area contributed by atoms with Crippen LogP contribution in [0.25, 0.3) is 0 Å². The highest BCUT2D eigenvalue weighted by Crippen LogP contribution is 2.18. The second-order valence-electron chi connectivity index (χ2n) is 3.41. The van der Waals surface area contributed by atoms with E-state index in [0.717, 1.165) is 12.2 Å². The van der Waals surface area contributed by atoms with E-state index in [4.69, 9.17) is 11.6 Å². The molecule has 0 bridgehead atoms.